The first-order valence-corrected chi connectivity index (χ1v) is 12.3. The fraction of sp³-hybridized carbons (Fsp3) is 0.286. The Bertz CT molecular complexity index is 1110. The molecule has 0 radical (unpaired) electrons. The van der Waals surface area contributed by atoms with E-state index in [9.17, 15) is 13.2 Å². The molecule has 0 aliphatic heterocycles. The molecule has 0 spiro atoms. The van der Waals surface area contributed by atoms with Crippen molar-refractivity contribution in [3.05, 3.63) is 65.5 Å². The lowest BCUT2D eigenvalue weighted by Gasteiger charge is -2.09. The molecular weight excluding hydrogens is 434 g/mol. The molecule has 0 aliphatic rings. The number of anilines is 1. The highest BCUT2D eigenvalue weighted by Crippen LogP contribution is 2.17. The molecule has 0 fully saturated rings. The van der Waals surface area contributed by atoms with Gasteiger partial charge in [0, 0.05) is 24.4 Å². The third kappa shape index (κ3) is 7.11. The van der Waals surface area contributed by atoms with Gasteiger partial charge in [-0.3, -0.25) is 14.6 Å². The van der Waals surface area contributed by atoms with Crippen LogP contribution in [0.3, 0.4) is 0 Å². The van der Waals surface area contributed by atoms with E-state index < -0.39 is 10.0 Å². The standard InChI is InChI=1S/C21H25N5O3S2/c1-15-3-8-18(9-4-15)26-31(28,29)19-10-5-17(6-11-19)7-12-20(27)22-13-14-30-21-23-16(2)24-25-21/h3-6,8-11,26H,7,12-14H2,1-2H3,(H,22,27)(H,23,24,25). The first-order valence-electron chi connectivity index (χ1n) is 9.79. The van der Waals surface area contributed by atoms with E-state index in [0.29, 0.717) is 36.0 Å². The first kappa shape index (κ1) is 22.8. The van der Waals surface area contributed by atoms with Crippen molar-refractivity contribution < 1.29 is 13.2 Å². The van der Waals surface area contributed by atoms with Gasteiger partial charge in [-0.05, 0) is 50.1 Å². The average Bonchev–Trinajstić information content (AvgIpc) is 3.16. The largest absolute Gasteiger partial charge is 0.355 e. The molecule has 1 heterocycles. The Labute approximate surface area is 186 Å². The van der Waals surface area contributed by atoms with Crippen molar-refractivity contribution in [1.29, 1.82) is 0 Å². The Kier molecular flexibility index (Phi) is 7.69. The molecule has 1 aromatic heterocycles. The normalized spacial score (nSPS) is 11.3. The van der Waals surface area contributed by atoms with E-state index in [-0.39, 0.29) is 10.8 Å². The van der Waals surface area contributed by atoms with Gasteiger partial charge in [0.2, 0.25) is 11.1 Å². The van der Waals surface area contributed by atoms with Gasteiger partial charge in [0.05, 0.1) is 4.90 Å². The van der Waals surface area contributed by atoms with E-state index in [4.69, 9.17) is 0 Å². The Morgan fingerprint density at radius 2 is 1.77 bits per heavy atom. The lowest BCUT2D eigenvalue weighted by atomic mass is 10.1. The van der Waals surface area contributed by atoms with E-state index in [1.807, 2.05) is 26.0 Å². The van der Waals surface area contributed by atoms with Gasteiger partial charge in [0.25, 0.3) is 10.0 Å². The highest BCUT2D eigenvalue weighted by Gasteiger charge is 2.14. The summed E-state index contributed by atoms with van der Waals surface area (Å²) in [5.41, 5.74) is 2.47. The minimum atomic E-state index is -3.65. The molecule has 10 heteroatoms. The Balaban J connectivity index is 1.43. The number of H-pyrrole nitrogens is 1. The van der Waals surface area contributed by atoms with Gasteiger partial charge in [-0.1, -0.05) is 41.6 Å². The lowest BCUT2D eigenvalue weighted by Crippen LogP contribution is -2.25. The minimum absolute atomic E-state index is 0.0514. The molecule has 3 N–H and O–H groups in total. The van der Waals surface area contributed by atoms with Gasteiger partial charge < -0.3 is 5.32 Å². The number of nitrogens with one attached hydrogen (secondary N) is 3. The molecule has 1 amide bonds. The molecular formula is C21H25N5O3S2. The number of thioether (sulfide) groups is 1. The molecule has 8 nitrogen and oxygen atoms in total. The summed E-state index contributed by atoms with van der Waals surface area (Å²) in [4.78, 5) is 16.4. The summed E-state index contributed by atoms with van der Waals surface area (Å²) in [6.45, 7) is 4.30. The molecule has 0 aliphatic carbocycles. The van der Waals surface area contributed by atoms with Gasteiger partial charge in [-0.15, -0.1) is 5.10 Å². The summed E-state index contributed by atoms with van der Waals surface area (Å²) < 4.78 is 27.6. The fourth-order valence-electron chi connectivity index (χ4n) is 2.74. The molecule has 0 bridgehead atoms. The second-order valence-electron chi connectivity index (χ2n) is 7.02. The van der Waals surface area contributed by atoms with Crippen molar-refractivity contribution in [3.63, 3.8) is 0 Å². The first-order chi connectivity index (χ1) is 14.8. The predicted molar refractivity (Wildman–Crippen MR) is 122 cm³/mol. The monoisotopic (exact) mass is 459 g/mol. The zero-order valence-corrected chi connectivity index (χ0v) is 19.0. The van der Waals surface area contributed by atoms with Crippen LogP contribution in [0.5, 0.6) is 0 Å². The summed E-state index contributed by atoms with van der Waals surface area (Å²) in [5.74, 6) is 1.39. The summed E-state index contributed by atoms with van der Waals surface area (Å²) >= 11 is 1.47. The lowest BCUT2D eigenvalue weighted by molar-refractivity contribution is -0.120. The maximum Gasteiger partial charge on any atom is 0.261 e. The van der Waals surface area contributed by atoms with Gasteiger partial charge in [-0.25, -0.2) is 13.4 Å². The number of sulfonamides is 1. The number of aryl methyl sites for hydroxylation is 3. The predicted octanol–water partition coefficient (Wildman–Crippen LogP) is 3.06. The van der Waals surface area contributed by atoms with Gasteiger partial charge in [-0.2, -0.15) is 0 Å². The SMILES string of the molecule is Cc1ccc(NS(=O)(=O)c2ccc(CCC(=O)NCCSc3n[nH]c(C)n3)cc2)cc1. The second kappa shape index (κ2) is 10.5. The Morgan fingerprint density at radius 3 is 2.42 bits per heavy atom. The number of rotatable bonds is 10. The molecule has 3 aromatic rings. The summed E-state index contributed by atoms with van der Waals surface area (Å²) in [6.07, 6.45) is 0.864. The van der Waals surface area contributed by atoms with Crippen molar-refractivity contribution >= 4 is 33.4 Å². The molecule has 31 heavy (non-hydrogen) atoms. The molecule has 2 aromatic carbocycles. The van der Waals surface area contributed by atoms with Crippen molar-refractivity contribution in [2.45, 2.75) is 36.7 Å². The van der Waals surface area contributed by atoms with Crippen LogP contribution < -0.4 is 10.0 Å². The maximum absolute atomic E-state index is 12.5. The van der Waals surface area contributed by atoms with Crippen LogP contribution in [0.4, 0.5) is 5.69 Å². The van der Waals surface area contributed by atoms with Crippen molar-refractivity contribution in [3.8, 4) is 0 Å². The van der Waals surface area contributed by atoms with Crippen LogP contribution in [-0.2, 0) is 21.2 Å². The highest BCUT2D eigenvalue weighted by atomic mass is 32.2. The number of hydrogen-bond donors (Lipinski definition) is 3. The van der Waals surface area contributed by atoms with Crippen molar-refractivity contribution in [2.75, 3.05) is 17.0 Å². The van der Waals surface area contributed by atoms with E-state index in [0.717, 1.165) is 17.0 Å². The second-order valence-corrected chi connectivity index (χ2v) is 9.76. The molecule has 0 saturated heterocycles. The van der Waals surface area contributed by atoms with Crippen LogP contribution in [-0.4, -0.2) is 41.8 Å². The van der Waals surface area contributed by atoms with Crippen LogP contribution in [0.2, 0.25) is 0 Å². The highest BCUT2D eigenvalue weighted by molar-refractivity contribution is 7.99. The van der Waals surface area contributed by atoms with Crippen LogP contribution in [0.1, 0.15) is 23.4 Å². The van der Waals surface area contributed by atoms with Crippen molar-refractivity contribution in [2.24, 2.45) is 0 Å². The third-order valence-corrected chi connectivity index (χ3v) is 6.66. The summed E-state index contributed by atoms with van der Waals surface area (Å²) in [5, 5.41) is 10.3. The van der Waals surface area contributed by atoms with E-state index in [1.165, 1.54) is 11.8 Å². The van der Waals surface area contributed by atoms with E-state index in [1.54, 1.807) is 36.4 Å². The zero-order chi connectivity index (χ0) is 22.3. The van der Waals surface area contributed by atoms with E-state index >= 15 is 0 Å². The van der Waals surface area contributed by atoms with Crippen LogP contribution in [0.25, 0.3) is 0 Å². The summed E-state index contributed by atoms with van der Waals surface area (Å²) in [6, 6.07) is 13.7. The number of hydrogen-bond acceptors (Lipinski definition) is 6. The number of carbonyl (C=O) groups excluding carboxylic acids is 1. The number of nitrogens with zero attached hydrogens (tertiary/aromatic N) is 2. The van der Waals surface area contributed by atoms with Gasteiger partial charge in [0.15, 0.2) is 0 Å². The molecule has 0 saturated carbocycles. The average molecular weight is 460 g/mol. The fourth-order valence-corrected chi connectivity index (χ4v) is 4.49. The topological polar surface area (TPSA) is 117 Å². The minimum Gasteiger partial charge on any atom is -0.355 e. The Hall–Kier alpha value is -2.85. The van der Waals surface area contributed by atoms with Crippen LogP contribution in [0.15, 0.2) is 58.6 Å². The quantitative estimate of drug-likeness (QED) is 0.317. The number of benzene rings is 2. The third-order valence-electron chi connectivity index (χ3n) is 4.41. The smallest absolute Gasteiger partial charge is 0.261 e. The maximum atomic E-state index is 12.5. The number of aromatic nitrogens is 3. The zero-order valence-electron chi connectivity index (χ0n) is 17.4. The number of aromatic amines is 1. The van der Waals surface area contributed by atoms with Gasteiger partial charge >= 0.3 is 0 Å². The summed E-state index contributed by atoms with van der Waals surface area (Å²) in [7, 11) is -3.65. The van der Waals surface area contributed by atoms with Crippen LogP contribution in [0, 0.1) is 13.8 Å². The van der Waals surface area contributed by atoms with Gasteiger partial charge in [0.1, 0.15) is 5.82 Å². The Morgan fingerprint density at radius 1 is 1.06 bits per heavy atom. The van der Waals surface area contributed by atoms with Crippen LogP contribution >= 0.6 is 11.8 Å². The molecule has 0 atom stereocenters. The van der Waals surface area contributed by atoms with E-state index in [2.05, 4.69) is 25.2 Å². The number of carbonyl (C=O) groups is 1. The number of amides is 1. The molecule has 3 rings (SSSR count). The molecule has 0 unspecified atom stereocenters. The molecule has 164 valence electrons. The van der Waals surface area contributed by atoms with Crippen molar-refractivity contribution in [1.82, 2.24) is 20.5 Å².